The third kappa shape index (κ3) is 3.02. The van der Waals surface area contributed by atoms with Crippen LogP contribution in [-0.2, 0) is 9.59 Å². The molecule has 0 aromatic carbocycles. The summed E-state index contributed by atoms with van der Waals surface area (Å²) in [6.07, 6.45) is 0. The summed E-state index contributed by atoms with van der Waals surface area (Å²) in [5.74, 6) is -3.41. The van der Waals surface area contributed by atoms with E-state index >= 15 is 0 Å². The maximum absolute atomic E-state index is 10.7. The number of carbonyl (C=O) groups excluding carboxylic acids is 1. The van der Waals surface area contributed by atoms with Crippen LogP contribution in [0, 0.1) is 5.92 Å². The number of nitrogens with zero attached hydrogens (tertiary/aromatic N) is 1. The minimum absolute atomic E-state index is 0.0375. The first-order chi connectivity index (χ1) is 5.68. The zero-order valence-electron chi connectivity index (χ0n) is 8.27. The van der Waals surface area contributed by atoms with Gasteiger partial charge in [-0.05, 0) is 6.92 Å². The Morgan fingerprint density at radius 2 is 1.69 bits per heavy atom. The van der Waals surface area contributed by atoms with Crippen LogP contribution >= 0.6 is 0 Å². The van der Waals surface area contributed by atoms with Crippen LogP contribution in [0.1, 0.15) is 6.92 Å². The molecular weight excluding hydrogens is 174 g/mol. The molecule has 0 heterocycles. The summed E-state index contributed by atoms with van der Waals surface area (Å²) in [6.45, 7) is 1.37. The molecule has 0 radical (unpaired) electrons. The molecule has 13 heavy (non-hydrogen) atoms. The lowest BCUT2D eigenvalue weighted by atomic mass is 10.00. The molecule has 0 saturated carbocycles. The van der Waals surface area contributed by atoms with E-state index in [1.54, 1.807) is 21.1 Å². The number of carbonyl (C=O) groups is 2. The number of hydrogen-bond donors (Lipinski definition) is 1. The molecule has 1 N–H and O–H groups in total. The highest BCUT2D eigenvalue weighted by Crippen LogP contribution is 2.13. The Balaban J connectivity index is 4.83. The molecule has 0 aliphatic heterocycles. The summed E-state index contributed by atoms with van der Waals surface area (Å²) in [4.78, 5) is 21.3. The molecule has 2 atom stereocenters. The summed E-state index contributed by atoms with van der Waals surface area (Å²) in [5.41, 5.74) is 0. The van der Waals surface area contributed by atoms with Gasteiger partial charge < -0.3 is 19.5 Å². The van der Waals surface area contributed by atoms with Crippen molar-refractivity contribution in [2.75, 3.05) is 21.1 Å². The molecule has 0 aliphatic rings. The lowest BCUT2D eigenvalue weighted by Gasteiger charge is -2.36. The molecule has 0 rings (SSSR count). The lowest BCUT2D eigenvalue weighted by molar-refractivity contribution is -0.892. The number of likely N-dealkylation sites (N-methyl/N-ethyl adjacent to an activating group) is 1. The Labute approximate surface area is 77.2 Å². The van der Waals surface area contributed by atoms with Crippen molar-refractivity contribution >= 4 is 11.9 Å². The zero-order valence-corrected chi connectivity index (χ0v) is 8.27. The molecule has 0 bridgehead atoms. The first-order valence-corrected chi connectivity index (χ1v) is 3.92. The van der Waals surface area contributed by atoms with Crippen molar-refractivity contribution in [2.24, 2.45) is 5.92 Å². The predicted octanol–water partition coefficient (Wildman–Crippen LogP) is -1.47. The molecule has 0 amide bonds. The van der Waals surface area contributed by atoms with Gasteiger partial charge in [0.05, 0.1) is 21.1 Å². The van der Waals surface area contributed by atoms with Crippen molar-refractivity contribution in [2.45, 2.75) is 13.0 Å². The quantitative estimate of drug-likeness (QED) is 0.548. The average Bonchev–Trinajstić information content (AvgIpc) is 1.82. The van der Waals surface area contributed by atoms with Crippen molar-refractivity contribution < 1.29 is 24.3 Å². The van der Waals surface area contributed by atoms with E-state index in [1.807, 2.05) is 0 Å². The molecule has 0 aliphatic carbocycles. The van der Waals surface area contributed by atoms with Gasteiger partial charge in [0.25, 0.3) is 0 Å². The van der Waals surface area contributed by atoms with Gasteiger partial charge in [-0.2, -0.15) is 0 Å². The monoisotopic (exact) mass is 189 g/mol. The Morgan fingerprint density at radius 1 is 1.31 bits per heavy atom. The van der Waals surface area contributed by atoms with Crippen LogP contribution in [0.5, 0.6) is 0 Å². The summed E-state index contributed by atoms with van der Waals surface area (Å²) in [5, 5.41) is 19.4. The van der Waals surface area contributed by atoms with Gasteiger partial charge in [-0.25, -0.2) is 0 Å². The van der Waals surface area contributed by atoms with E-state index in [9.17, 15) is 14.7 Å². The van der Waals surface area contributed by atoms with Crippen molar-refractivity contribution in [1.82, 2.24) is 0 Å². The Morgan fingerprint density at radius 3 is 1.77 bits per heavy atom. The molecule has 2 unspecified atom stereocenters. The third-order valence-electron chi connectivity index (χ3n) is 1.94. The van der Waals surface area contributed by atoms with Crippen molar-refractivity contribution in [3.05, 3.63) is 0 Å². The summed E-state index contributed by atoms with van der Waals surface area (Å²) in [6, 6.07) is -1.03. The van der Waals surface area contributed by atoms with Gasteiger partial charge in [-0.3, -0.25) is 4.79 Å². The van der Waals surface area contributed by atoms with Crippen LogP contribution < -0.4 is 5.11 Å². The molecule has 0 aromatic rings. The Bertz CT molecular complexity index is 219. The normalized spacial score (nSPS) is 16.3. The van der Waals surface area contributed by atoms with Crippen LogP contribution in [0.3, 0.4) is 0 Å². The molecule has 5 nitrogen and oxygen atoms in total. The van der Waals surface area contributed by atoms with E-state index in [0.717, 1.165) is 0 Å². The van der Waals surface area contributed by atoms with Crippen LogP contribution in [0.25, 0.3) is 0 Å². The highest BCUT2D eigenvalue weighted by molar-refractivity contribution is 5.80. The standard InChI is InChI=1S/C8H15NO4/c1-5(7(10)11)6(8(12)13)9(2,3)4/h5-6H,1-4H3,(H-,10,11,12,13). The predicted molar refractivity (Wildman–Crippen MR) is 43.6 cm³/mol. The first kappa shape index (κ1) is 11.9. The van der Waals surface area contributed by atoms with Gasteiger partial charge in [-0.15, -0.1) is 0 Å². The highest BCUT2D eigenvalue weighted by Gasteiger charge is 2.35. The number of carboxylic acid groups (broad SMARTS) is 2. The van der Waals surface area contributed by atoms with E-state index in [-0.39, 0.29) is 4.48 Å². The third-order valence-corrected chi connectivity index (χ3v) is 1.94. The number of quaternary nitrogens is 1. The van der Waals surface area contributed by atoms with Crippen LogP contribution in [-0.4, -0.2) is 48.7 Å². The highest BCUT2D eigenvalue weighted by atomic mass is 16.4. The smallest absolute Gasteiger partial charge is 0.312 e. The van der Waals surface area contributed by atoms with Crippen molar-refractivity contribution in [3.8, 4) is 0 Å². The number of rotatable bonds is 4. The number of carboxylic acids is 2. The first-order valence-electron chi connectivity index (χ1n) is 3.92. The molecule has 5 heteroatoms. The van der Waals surface area contributed by atoms with Gasteiger partial charge in [0.15, 0.2) is 0 Å². The van der Waals surface area contributed by atoms with Gasteiger partial charge in [0.1, 0.15) is 17.9 Å². The fraction of sp³-hybridized carbons (Fsp3) is 0.750. The summed E-state index contributed by atoms with van der Waals surface area (Å²) < 4.78 is 0.0375. The SMILES string of the molecule is CC(C(=O)O)C(C(=O)[O-])[N+](C)(C)C. The second-order valence-electron chi connectivity index (χ2n) is 4.01. The molecule has 76 valence electrons. The van der Waals surface area contributed by atoms with Gasteiger partial charge in [0.2, 0.25) is 0 Å². The van der Waals surface area contributed by atoms with Crippen molar-refractivity contribution in [3.63, 3.8) is 0 Å². The minimum atomic E-state index is -1.33. The average molecular weight is 189 g/mol. The minimum Gasteiger partial charge on any atom is -0.544 e. The van der Waals surface area contributed by atoms with E-state index in [0.29, 0.717) is 0 Å². The van der Waals surface area contributed by atoms with E-state index < -0.39 is 23.9 Å². The number of hydrogen-bond acceptors (Lipinski definition) is 3. The van der Waals surface area contributed by atoms with E-state index in [1.165, 1.54) is 6.92 Å². The van der Waals surface area contributed by atoms with Gasteiger partial charge >= 0.3 is 5.97 Å². The van der Waals surface area contributed by atoms with Crippen LogP contribution in [0.2, 0.25) is 0 Å². The fourth-order valence-electron chi connectivity index (χ4n) is 1.33. The maximum atomic E-state index is 10.7. The largest absolute Gasteiger partial charge is 0.544 e. The molecule has 0 fully saturated rings. The fourth-order valence-corrected chi connectivity index (χ4v) is 1.33. The zero-order chi connectivity index (χ0) is 10.8. The van der Waals surface area contributed by atoms with E-state index in [2.05, 4.69) is 0 Å². The topological polar surface area (TPSA) is 77.4 Å². The summed E-state index contributed by atoms with van der Waals surface area (Å²) >= 11 is 0. The van der Waals surface area contributed by atoms with Crippen LogP contribution in [0.15, 0.2) is 0 Å². The second kappa shape index (κ2) is 3.74. The molecule has 0 aromatic heterocycles. The second-order valence-corrected chi connectivity index (χ2v) is 4.01. The molecule has 0 saturated heterocycles. The molecule has 0 spiro atoms. The molecular formula is C8H15NO4. The number of aliphatic carboxylic acids is 2. The van der Waals surface area contributed by atoms with Crippen LogP contribution in [0.4, 0.5) is 0 Å². The maximum Gasteiger partial charge on any atom is 0.312 e. The lowest BCUT2D eigenvalue weighted by Crippen LogP contribution is -2.59. The van der Waals surface area contributed by atoms with Crippen molar-refractivity contribution in [1.29, 1.82) is 0 Å². The van der Waals surface area contributed by atoms with Gasteiger partial charge in [0, 0.05) is 0 Å². The van der Waals surface area contributed by atoms with Gasteiger partial charge in [-0.1, -0.05) is 0 Å². The summed E-state index contributed by atoms with van der Waals surface area (Å²) in [7, 11) is 4.87. The Kier molecular flexibility index (Phi) is 3.42. The Hall–Kier alpha value is -1.10. The van der Waals surface area contributed by atoms with E-state index in [4.69, 9.17) is 5.11 Å².